The molecule has 3 aromatic rings. The van der Waals surface area contributed by atoms with E-state index in [1.165, 1.54) is 11.1 Å². The smallest absolute Gasteiger partial charge is 0.233 e. The summed E-state index contributed by atoms with van der Waals surface area (Å²) in [5, 5.41) is 6.80. The third kappa shape index (κ3) is 4.68. The van der Waals surface area contributed by atoms with Crippen LogP contribution in [0.4, 0.5) is 29.2 Å². The summed E-state index contributed by atoms with van der Waals surface area (Å²) in [5.41, 5.74) is 4.46. The Morgan fingerprint density at radius 1 is 0.767 bits per heavy atom. The van der Waals surface area contributed by atoms with Crippen LogP contribution in [0.3, 0.4) is 0 Å². The zero-order chi connectivity index (χ0) is 20.8. The minimum atomic E-state index is 0.531. The van der Waals surface area contributed by atoms with E-state index < -0.39 is 0 Å². The van der Waals surface area contributed by atoms with Gasteiger partial charge in [0.05, 0.1) is 13.2 Å². The number of para-hydroxylation sites is 2. The lowest BCUT2D eigenvalue weighted by Gasteiger charge is -2.27. The van der Waals surface area contributed by atoms with Crippen molar-refractivity contribution in [3.05, 3.63) is 59.7 Å². The predicted molar refractivity (Wildman–Crippen MR) is 121 cm³/mol. The summed E-state index contributed by atoms with van der Waals surface area (Å²) in [7, 11) is 0. The van der Waals surface area contributed by atoms with E-state index in [4.69, 9.17) is 14.7 Å². The lowest BCUT2D eigenvalue weighted by molar-refractivity contribution is 0.122. The van der Waals surface area contributed by atoms with Crippen LogP contribution in [0.2, 0.25) is 0 Å². The molecule has 0 aliphatic carbocycles. The van der Waals surface area contributed by atoms with Gasteiger partial charge >= 0.3 is 0 Å². The molecule has 2 heterocycles. The first kappa shape index (κ1) is 20.1. The number of ether oxygens (including phenoxy) is 1. The lowest BCUT2D eigenvalue weighted by Crippen LogP contribution is -2.37. The molecule has 1 aliphatic rings. The Balaban J connectivity index is 1.69. The minimum absolute atomic E-state index is 0.531. The Morgan fingerprint density at radius 2 is 1.27 bits per heavy atom. The Hall–Kier alpha value is -3.19. The normalized spacial score (nSPS) is 13.9. The van der Waals surface area contributed by atoms with Gasteiger partial charge in [0.1, 0.15) is 0 Å². The minimum Gasteiger partial charge on any atom is -0.378 e. The largest absolute Gasteiger partial charge is 0.378 e. The molecule has 0 saturated carbocycles. The average Bonchev–Trinajstić information content (AvgIpc) is 2.80. The van der Waals surface area contributed by atoms with Crippen molar-refractivity contribution in [2.45, 2.75) is 26.7 Å². The predicted octanol–water partition coefficient (Wildman–Crippen LogP) is 4.32. The topological polar surface area (TPSA) is 75.2 Å². The highest BCUT2D eigenvalue weighted by atomic mass is 16.5. The van der Waals surface area contributed by atoms with E-state index in [0.29, 0.717) is 31.1 Å². The highest BCUT2D eigenvalue weighted by Gasteiger charge is 2.17. The highest BCUT2D eigenvalue weighted by Crippen LogP contribution is 2.24. The van der Waals surface area contributed by atoms with Gasteiger partial charge in [-0.15, -0.1) is 0 Å². The molecule has 2 N–H and O–H groups in total. The van der Waals surface area contributed by atoms with Gasteiger partial charge in [-0.3, -0.25) is 0 Å². The van der Waals surface area contributed by atoms with Gasteiger partial charge in [0.15, 0.2) is 0 Å². The number of aryl methyl sites for hydroxylation is 2. The van der Waals surface area contributed by atoms with Crippen LogP contribution in [0.25, 0.3) is 0 Å². The number of nitrogens with one attached hydrogen (secondary N) is 2. The molecule has 30 heavy (non-hydrogen) atoms. The molecule has 2 aromatic carbocycles. The molecule has 156 valence electrons. The van der Waals surface area contributed by atoms with E-state index in [2.05, 4.69) is 58.6 Å². The second-order valence-electron chi connectivity index (χ2n) is 7.15. The van der Waals surface area contributed by atoms with E-state index in [9.17, 15) is 0 Å². The molecule has 7 nitrogen and oxygen atoms in total. The quantitative estimate of drug-likeness (QED) is 0.607. The molecule has 0 atom stereocenters. The Morgan fingerprint density at radius 3 is 1.77 bits per heavy atom. The van der Waals surface area contributed by atoms with Gasteiger partial charge in [-0.05, 0) is 36.1 Å². The third-order valence-electron chi connectivity index (χ3n) is 5.21. The second-order valence-corrected chi connectivity index (χ2v) is 7.15. The Kier molecular flexibility index (Phi) is 6.39. The standard InChI is InChI=1S/C23H28N6O/c1-3-17-9-5-7-11-19(17)24-21-26-22(25-20-12-8-6-10-18(20)4-2)28-23(27-21)29-13-15-30-16-14-29/h5-12H,3-4,13-16H2,1-2H3,(H2,24,25,26,27,28). The Labute approximate surface area is 177 Å². The summed E-state index contributed by atoms with van der Waals surface area (Å²) in [6.07, 6.45) is 1.86. The van der Waals surface area contributed by atoms with Gasteiger partial charge in [0, 0.05) is 24.5 Å². The van der Waals surface area contributed by atoms with E-state index >= 15 is 0 Å². The maximum absolute atomic E-state index is 5.49. The molecule has 0 radical (unpaired) electrons. The Bertz CT molecular complexity index is 919. The van der Waals surface area contributed by atoms with Crippen LogP contribution in [0.1, 0.15) is 25.0 Å². The summed E-state index contributed by atoms with van der Waals surface area (Å²) < 4.78 is 5.49. The van der Waals surface area contributed by atoms with Gasteiger partial charge in [0.25, 0.3) is 0 Å². The number of hydrogen-bond acceptors (Lipinski definition) is 7. The van der Waals surface area contributed by atoms with Crippen LogP contribution >= 0.6 is 0 Å². The molecule has 7 heteroatoms. The van der Waals surface area contributed by atoms with Crippen molar-refractivity contribution >= 4 is 29.2 Å². The van der Waals surface area contributed by atoms with Gasteiger partial charge in [0.2, 0.25) is 17.8 Å². The summed E-state index contributed by atoms with van der Waals surface area (Å²) in [5.74, 6) is 1.72. The van der Waals surface area contributed by atoms with E-state index in [0.717, 1.165) is 37.3 Å². The summed E-state index contributed by atoms with van der Waals surface area (Å²) >= 11 is 0. The molecule has 0 unspecified atom stereocenters. The van der Waals surface area contributed by atoms with Crippen molar-refractivity contribution in [3.8, 4) is 0 Å². The van der Waals surface area contributed by atoms with E-state index in [1.807, 2.05) is 24.3 Å². The third-order valence-corrected chi connectivity index (χ3v) is 5.21. The fraction of sp³-hybridized carbons (Fsp3) is 0.348. The maximum atomic E-state index is 5.49. The summed E-state index contributed by atoms with van der Waals surface area (Å²) in [6.45, 7) is 7.16. The van der Waals surface area contributed by atoms with E-state index in [-0.39, 0.29) is 0 Å². The van der Waals surface area contributed by atoms with Gasteiger partial charge < -0.3 is 20.3 Å². The second kappa shape index (κ2) is 9.54. The zero-order valence-corrected chi connectivity index (χ0v) is 17.6. The lowest BCUT2D eigenvalue weighted by atomic mass is 10.1. The number of nitrogens with zero attached hydrogens (tertiary/aromatic N) is 4. The van der Waals surface area contributed by atoms with Crippen LogP contribution < -0.4 is 15.5 Å². The van der Waals surface area contributed by atoms with Crippen LogP contribution in [-0.2, 0) is 17.6 Å². The number of anilines is 5. The van der Waals surface area contributed by atoms with Crippen LogP contribution in [-0.4, -0.2) is 41.3 Å². The van der Waals surface area contributed by atoms with Crippen molar-refractivity contribution in [2.24, 2.45) is 0 Å². The molecule has 1 aliphatic heterocycles. The number of benzene rings is 2. The SMILES string of the molecule is CCc1ccccc1Nc1nc(Nc2ccccc2CC)nc(N2CCOCC2)n1. The molecule has 4 rings (SSSR count). The first-order chi connectivity index (χ1) is 14.8. The van der Waals surface area contributed by atoms with Crippen molar-refractivity contribution < 1.29 is 4.74 Å². The molecule has 1 aromatic heterocycles. The summed E-state index contributed by atoms with van der Waals surface area (Å²) in [6, 6.07) is 16.5. The molecule has 0 bridgehead atoms. The number of rotatable bonds is 7. The summed E-state index contributed by atoms with van der Waals surface area (Å²) in [4.78, 5) is 16.2. The van der Waals surface area contributed by atoms with Crippen LogP contribution in [0.5, 0.6) is 0 Å². The van der Waals surface area contributed by atoms with Gasteiger partial charge in [-0.1, -0.05) is 50.2 Å². The number of morpholine rings is 1. The first-order valence-corrected chi connectivity index (χ1v) is 10.6. The fourth-order valence-electron chi connectivity index (χ4n) is 3.52. The zero-order valence-electron chi connectivity index (χ0n) is 17.6. The van der Waals surface area contributed by atoms with Crippen molar-refractivity contribution in [3.63, 3.8) is 0 Å². The molecule has 0 amide bonds. The fourth-order valence-corrected chi connectivity index (χ4v) is 3.52. The van der Waals surface area contributed by atoms with Crippen LogP contribution in [0.15, 0.2) is 48.5 Å². The van der Waals surface area contributed by atoms with Crippen molar-refractivity contribution in [1.82, 2.24) is 15.0 Å². The molecule has 1 fully saturated rings. The molecule has 1 saturated heterocycles. The van der Waals surface area contributed by atoms with Crippen molar-refractivity contribution in [2.75, 3.05) is 41.8 Å². The van der Waals surface area contributed by atoms with Gasteiger partial charge in [-0.25, -0.2) is 0 Å². The highest BCUT2D eigenvalue weighted by molar-refractivity contribution is 5.63. The first-order valence-electron chi connectivity index (χ1n) is 10.6. The van der Waals surface area contributed by atoms with Gasteiger partial charge in [-0.2, -0.15) is 15.0 Å². The monoisotopic (exact) mass is 404 g/mol. The molecular formula is C23H28N6O. The van der Waals surface area contributed by atoms with E-state index in [1.54, 1.807) is 0 Å². The molecular weight excluding hydrogens is 376 g/mol. The number of hydrogen-bond donors (Lipinski definition) is 2. The average molecular weight is 405 g/mol. The molecule has 0 spiro atoms. The van der Waals surface area contributed by atoms with Crippen LogP contribution in [0, 0.1) is 0 Å². The van der Waals surface area contributed by atoms with Crippen molar-refractivity contribution in [1.29, 1.82) is 0 Å². The maximum Gasteiger partial charge on any atom is 0.233 e. The number of aromatic nitrogens is 3.